The van der Waals surface area contributed by atoms with Gasteiger partial charge < -0.3 is 5.32 Å². The van der Waals surface area contributed by atoms with Crippen LogP contribution >= 0.6 is 0 Å². The van der Waals surface area contributed by atoms with Crippen LogP contribution in [0.2, 0.25) is 0 Å². The van der Waals surface area contributed by atoms with E-state index in [1.54, 1.807) is 0 Å². The zero-order valence-corrected chi connectivity index (χ0v) is 12.8. The van der Waals surface area contributed by atoms with Crippen molar-refractivity contribution >= 4 is 0 Å². The Balaban J connectivity index is 3.00. The highest BCUT2D eigenvalue weighted by Crippen LogP contribution is 2.10. The van der Waals surface area contributed by atoms with E-state index in [1.165, 1.54) is 70.8 Å². The van der Waals surface area contributed by atoms with Gasteiger partial charge in [0.2, 0.25) is 0 Å². The largest absolute Gasteiger partial charge is 0.314 e. The van der Waals surface area contributed by atoms with Crippen molar-refractivity contribution in [3.63, 3.8) is 0 Å². The van der Waals surface area contributed by atoms with Crippen LogP contribution in [-0.2, 0) is 0 Å². The van der Waals surface area contributed by atoms with Crippen LogP contribution in [0.25, 0.3) is 0 Å². The van der Waals surface area contributed by atoms with Crippen LogP contribution in [-0.4, -0.2) is 12.6 Å². The highest BCUT2D eigenvalue weighted by Gasteiger charge is 1.97. The lowest BCUT2D eigenvalue weighted by molar-refractivity contribution is 0.510. The first-order chi connectivity index (χ1) is 8.81. The molecule has 0 spiro atoms. The van der Waals surface area contributed by atoms with Crippen molar-refractivity contribution in [1.82, 2.24) is 5.32 Å². The van der Waals surface area contributed by atoms with Crippen LogP contribution in [0.15, 0.2) is 12.7 Å². The summed E-state index contributed by atoms with van der Waals surface area (Å²) in [6, 6.07) is 0.598. The van der Waals surface area contributed by atoms with Crippen LogP contribution in [0, 0.1) is 0 Å². The van der Waals surface area contributed by atoms with Gasteiger partial charge in [-0.3, -0.25) is 0 Å². The molecule has 0 bridgehead atoms. The quantitative estimate of drug-likeness (QED) is 0.320. The van der Waals surface area contributed by atoms with Gasteiger partial charge in [0.05, 0.1) is 0 Å². The van der Waals surface area contributed by atoms with Gasteiger partial charge in [-0.1, -0.05) is 70.8 Å². The second kappa shape index (κ2) is 14.8. The molecule has 0 aliphatic carbocycles. The summed E-state index contributed by atoms with van der Waals surface area (Å²) in [5.41, 5.74) is 0. The van der Waals surface area contributed by atoms with E-state index >= 15 is 0 Å². The molecular weight excluding hydrogens is 218 g/mol. The molecule has 0 rings (SSSR count). The fraction of sp³-hybridized carbons (Fsp3) is 0.882. The summed E-state index contributed by atoms with van der Waals surface area (Å²) < 4.78 is 0. The molecule has 0 fully saturated rings. The highest BCUT2D eigenvalue weighted by atomic mass is 14.9. The average molecular weight is 253 g/mol. The summed E-state index contributed by atoms with van der Waals surface area (Å²) in [5.74, 6) is 0. The molecule has 0 saturated carbocycles. The molecule has 0 saturated heterocycles. The van der Waals surface area contributed by atoms with Gasteiger partial charge in [-0.05, 0) is 26.3 Å². The van der Waals surface area contributed by atoms with Crippen LogP contribution < -0.4 is 5.32 Å². The average Bonchev–Trinajstić information content (AvgIpc) is 2.36. The Morgan fingerprint density at radius 3 is 1.89 bits per heavy atom. The number of hydrogen-bond donors (Lipinski definition) is 1. The zero-order chi connectivity index (χ0) is 13.5. The molecule has 1 heteroatoms. The van der Waals surface area contributed by atoms with Crippen LogP contribution in [0.4, 0.5) is 0 Å². The first kappa shape index (κ1) is 17.7. The Labute approximate surface area is 115 Å². The maximum atomic E-state index is 3.77. The number of rotatable bonds is 14. The van der Waals surface area contributed by atoms with Gasteiger partial charge in [-0.15, -0.1) is 6.58 Å². The van der Waals surface area contributed by atoms with Crippen molar-refractivity contribution in [2.24, 2.45) is 0 Å². The molecular formula is C17H35N. The Morgan fingerprint density at radius 2 is 1.39 bits per heavy atom. The number of hydrogen-bond acceptors (Lipinski definition) is 1. The third kappa shape index (κ3) is 13.8. The van der Waals surface area contributed by atoms with E-state index in [0.717, 1.165) is 6.42 Å². The van der Waals surface area contributed by atoms with E-state index < -0.39 is 0 Å². The minimum absolute atomic E-state index is 0.598. The molecule has 0 amide bonds. The second-order valence-electron chi connectivity index (χ2n) is 5.56. The highest BCUT2D eigenvalue weighted by molar-refractivity contribution is 4.74. The molecule has 1 unspecified atom stereocenters. The van der Waals surface area contributed by atoms with E-state index in [0.29, 0.717) is 6.04 Å². The minimum Gasteiger partial charge on any atom is -0.314 e. The van der Waals surface area contributed by atoms with Crippen molar-refractivity contribution in [2.45, 2.75) is 90.5 Å². The van der Waals surface area contributed by atoms with Crippen molar-refractivity contribution < 1.29 is 0 Å². The fourth-order valence-corrected chi connectivity index (χ4v) is 2.29. The van der Waals surface area contributed by atoms with Gasteiger partial charge in [-0.2, -0.15) is 0 Å². The molecule has 108 valence electrons. The first-order valence-corrected chi connectivity index (χ1v) is 8.15. The van der Waals surface area contributed by atoms with Gasteiger partial charge in [0.15, 0.2) is 0 Å². The molecule has 0 aliphatic rings. The Morgan fingerprint density at radius 1 is 0.889 bits per heavy atom. The monoisotopic (exact) mass is 253 g/mol. The number of nitrogens with one attached hydrogen (secondary N) is 1. The van der Waals surface area contributed by atoms with Crippen molar-refractivity contribution in [2.75, 3.05) is 6.54 Å². The summed E-state index contributed by atoms with van der Waals surface area (Å²) >= 11 is 0. The molecule has 0 aliphatic heterocycles. The van der Waals surface area contributed by atoms with Crippen molar-refractivity contribution in [3.8, 4) is 0 Å². The molecule has 0 aromatic rings. The maximum absolute atomic E-state index is 3.77. The van der Waals surface area contributed by atoms with E-state index in [1.807, 2.05) is 6.08 Å². The second-order valence-corrected chi connectivity index (χ2v) is 5.56. The van der Waals surface area contributed by atoms with E-state index in [2.05, 4.69) is 25.7 Å². The first-order valence-electron chi connectivity index (χ1n) is 8.15. The lowest BCUT2D eigenvalue weighted by Gasteiger charge is -2.10. The Bertz CT molecular complexity index is 165. The molecule has 18 heavy (non-hydrogen) atoms. The van der Waals surface area contributed by atoms with E-state index in [4.69, 9.17) is 0 Å². The molecule has 0 aromatic heterocycles. The van der Waals surface area contributed by atoms with E-state index in [9.17, 15) is 0 Å². The van der Waals surface area contributed by atoms with Gasteiger partial charge in [0, 0.05) is 6.04 Å². The molecule has 1 atom stereocenters. The van der Waals surface area contributed by atoms with Gasteiger partial charge in [0.1, 0.15) is 0 Å². The summed E-state index contributed by atoms with van der Waals surface area (Å²) in [7, 11) is 0. The van der Waals surface area contributed by atoms with E-state index in [-0.39, 0.29) is 0 Å². The number of unbranched alkanes of at least 4 members (excludes halogenated alkanes) is 9. The predicted molar refractivity (Wildman–Crippen MR) is 84.1 cm³/mol. The third-order valence-corrected chi connectivity index (χ3v) is 3.54. The molecule has 0 radical (unpaired) electrons. The summed E-state index contributed by atoms with van der Waals surface area (Å²) in [4.78, 5) is 0. The van der Waals surface area contributed by atoms with Crippen LogP contribution in [0.1, 0.15) is 84.5 Å². The summed E-state index contributed by atoms with van der Waals surface area (Å²) in [6.07, 6.45) is 17.2. The summed E-state index contributed by atoms with van der Waals surface area (Å²) in [5, 5.41) is 3.54. The standard InChI is InChI=1S/C17H35N/c1-4-6-7-8-9-10-11-12-13-14-16-18-17(3)15-5-2/h5,17-18H,2,4,6-16H2,1,3H3. The molecule has 0 aromatic carbocycles. The smallest absolute Gasteiger partial charge is 0.00731 e. The fourth-order valence-electron chi connectivity index (χ4n) is 2.29. The third-order valence-electron chi connectivity index (χ3n) is 3.54. The predicted octanol–water partition coefficient (Wildman–Crippen LogP) is 5.46. The normalized spacial score (nSPS) is 12.6. The lowest BCUT2D eigenvalue weighted by Crippen LogP contribution is -2.26. The van der Waals surface area contributed by atoms with Crippen LogP contribution in [0.5, 0.6) is 0 Å². The SMILES string of the molecule is C=CCC(C)NCCCCCCCCCCCC. The molecule has 1 N–H and O–H groups in total. The van der Waals surface area contributed by atoms with Gasteiger partial charge >= 0.3 is 0 Å². The summed E-state index contributed by atoms with van der Waals surface area (Å²) in [6.45, 7) is 9.45. The zero-order valence-electron chi connectivity index (χ0n) is 12.8. The van der Waals surface area contributed by atoms with Crippen molar-refractivity contribution in [1.29, 1.82) is 0 Å². The Hall–Kier alpha value is -0.300. The maximum Gasteiger partial charge on any atom is 0.00731 e. The van der Waals surface area contributed by atoms with Crippen molar-refractivity contribution in [3.05, 3.63) is 12.7 Å². The lowest BCUT2D eigenvalue weighted by atomic mass is 10.1. The van der Waals surface area contributed by atoms with Crippen LogP contribution in [0.3, 0.4) is 0 Å². The molecule has 1 nitrogen and oxygen atoms in total. The van der Waals surface area contributed by atoms with Gasteiger partial charge in [0.25, 0.3) is 0 Å². The topological polar surface area (TPSA) is 12.0 Å². The Kier molecular flexibility index (Phi) is 14.5. The van der Waals surface area contributed by atoms with Gasteiger partial charge in [-0.25, -0.2) is 0 Å². The minimum atomic E-state index is 0.598. The molecule has 0 heterocycles.